The Hall–Kier alpha value is -0.0600. The Kier molecular flexibility index (Phi) is 3.76. The molecule has 0 amide bonds. The SMILES string of the molecule is CC(=O)O[C@@H]1[C@H](Br)[C@@H](O)C=C[C@H]1Cl. The maximum absolute atomic E-state index is 10.7. The van der Waals surface area contributed by atoms with Crippen molar-refractivity contribution in [3.8, 4) is 0 Å². The summed E-state index contributed by atoms with van der Waals surface area (Å²) in [6.07, 6.45) is 2.02. The van der Waals surface area contributed by atoms with Gasteiger partial charge in [0.25, 0.3) is 0 Å². The molecule has 0 saturated heterocycles. The fraction of sp³-hybridized carbons (Fsp3) is 0.625. The first-order chi connectivity index (χ1) is 6.02. The highest BCUT2D eigenvalue weighted by Crippen LogP contribution is 2.26. The second kappa shape index (κ2) is 4.44. The van der Waals surface area contributed by atoms with Crippen molar-refractivity contribution < 1.29 is 14.6 Å². The number of esters is 1. The van der Waals surface area contributed by atoms with Crippen LogP contribution in [0.3, 0.4) is 0 Å². The number of carbonyl (C=O) groups is 1. The summed E-state index contributed by atoms with van der Waals surface area (Å²) < 4.78 is 4.96. The van der Waals surface area contributed by atoms with Gasteiger partial charge in [0.15, 0.2) is 0 Å². The van der Waals surface area contributed by atoms with Gasteiger partial charge in [0.1, 0.15) is 6.10 Å². The number of hydrogen-bond donors (Lipinski definition) is 1. The molecule has 0 heterocycles. The number of carbonyl (C=O) groups excluding carboxylic acids is 1. The third-order valence-electron chi connectivity index (χ3n) is 1.75. The topological polar surface area (TPSA) is 46.5 Å². The lowest BCUT2D eigenvalue weighted by atomic mass is 10.0. The van der Waals surface area contributed by atoms with Crippen LogP contribution in [0.4, 0.5) is 0 Å². The molecule has 0 saturated carbocycles. The van der Waals surface area contributed by atoms with Crippen LogP contribution in [0, 0.1) is 0 Å². The summed E-state index contributed by atoms with van der Waals surface area (Å²) in [5, 5.41) is 9.00. The normalized spacial score (nSPS) is 38.8. The molecule has 0 aromatic carbocycles. The fourth-order valence-electron chi connectivity index (χ4n) is 1.13. The smallest absolute Gasteiger partial charge is 0.303 e. The van der Waals surface area contributed by atoms with Gasteiger partial charge >= 0.3 is 5.97 Å². The van der Waals surface area contributed by atoms with Crippen molar-refractivity contribution in [3.05, 3.63) is 12.2 Å². The Bertz CT molecular complexity index is 231. The lowest BCUT2D eigenvalue weighted by Crippen LogP contribution is -2.43. The summed E-state index contributed by atoms with van der Waals surface area (Å²) in [4.78, 5) is 10.4. The number of rotatable bonds is 1. The van der Waals surface area contributed by atoms with Gasteiger partial charge in [-0.25, -0.2) is 0 Å². The Morgan fingerprint density at radius 1 is 1.62 bits per heavy atom. The van der Waals surface area contributed by atoms with Gasteiger partial charge in [-0.05, 0) is 0 Å². The molecule has 4 atom stereocenters. The molecule has 0 aliphatic heterocycles. The minimum absolute atomic E-state index is 0.344. The van der Waals surface area contributed by atoms with Crippen LogP contribution < -0.4 is 0 Å². The van der Waals surface area contributed by atoms with Gasteiger partial charge in [-0.3, -0.25) is 4.79 Å². The molecule has 0 spiro atoms. The molecule has 0 bridgehead atoms. The van der Waals surface area contributed by atoms with Crippen LogP contribution in [-0.2, 0) is 9.53 Å². The summed E-state index contributed by atoms with van der Waals surface area (Å²) in [5.74, 6) is -0.400. The van der Waals surface area contributed by atoms with E-state index in [9.17, 15) is 9.90 Å². The second-order valence-electron chi connectivity index (χ2n) is 2.84. The van der Waals surface area contributed by atoms with Crippen molar-refractivity contribution in [3.63, 3.8) is 0 Å². The molecule has 1 N–H and O–H groups in total. The first kappa shape index (κ1) is 11.0. The predicted molar refractivity (Wildman–Crippen MR) is 53.1 cm³/mol. The van der Waals surface area contributed by atoms with Crippen molar-refractivity contribution >= 4 is 33.5 Å². The van der Waals surface area contributed by atoms with E-state index in [0.29, 0.717) is 0 Å². The highest BCUT2D eigenvalue weighted by atomic mass is 79.9. The Morgan fingerprint density at radius 3 is 2.77 bits per heavy atom. The molecule has 0 aromatic rings. The molecular formula is C8H10BrClO3. The molecule has 1 aliphatic carbocycles. The first-order valence-corrected chi connectivity index (χ1v) is 5.19. The molecule has 0 radical (unpaired) electrons. The monoisotopic (exact) mass is 268 g/mol. The molecule has 74 valence electrons. The van der Waals surface area contributed by atoms with E-state index in [1.54, 1.807) is 12.2 Å². The van der Waals surface area contributed by atoms with Crippen LogP contribution in [0.2, 0.25) is 0 Å². The van der Waals surface area contributed by atoms with Crippen molar-refractivity contribution in [1.82, 2.24) is 0 Å². The van der Waals surface area contributed by atoms with Crippen LogP contribution in [0.25, 0.3) is 0 Å². The quantitative estimate of drug-likeness (QED) is 0.442. The highest BCUT2D eigenvalue weighted by molar-refractivity contribution is 9.09. The van der Waals surface area contributed by atoms with Crippen molar-refractivity contribution in [1.29, 1.82) is 0 Å². The van der Waals surface area contributed by atoms with E-state index >= 15 is 0 Å². The molecular weight excluding hydrogens is 259 g/mol. The lowest BCUT2D eigenvalue weighted by Gasteiger charge is -2.30. The maximum Gasteiger partial charge on any atom is 0.303 e. The number of halogens is 2. The fourth-order valence-corrected chi connectivity index (χ4v) is 2.21. The third-order valence-corrected chi connectivity index (χ3v) is 3.20. The molecule has 5 heteroatoms. The van der Waals surface area contributed by atoms with Gasteiger partial charge < -0.3 is 9.84 Å². The summed E-state index contributed by atoms with van der Waals surface area (Å²) in [6, 6.07) is 0. The molecule has 0 fully saturated rings. The molecule has 0 unspecified atom stereocenters. The van der Waals surface area contributed by atoms with Crippen LogP contribution in [0.15, 0.2) is 12.2 Å². The largest absolute Gasteiger partial charge is 0.459 e. The maximum atomic E-state index is 10.7. The van der Waals surface area contributed by atoms with E-state index in [2.05, 4.69) is 15.9 Å². The molecule has 3 nitrogen and oxygen atoms in total. The van der Waals surface area contributed by atoms with Crippen LogP contribution in [0.1, 0.15) is 6.92 Å². The van der Waals surface area contributed by atoms with Crippen molar-refractivity contribution in [2.45, 2.75) is 29.3 Å². The Labute approximate surface area is 89.8 Å². The average molecular weight is 270 g/mol. The van der Waals surface area contributed by atoms with E-state index in [0.717, 1.165) is 0 Å². The van der Waals surface area contributed by atoms with Crippen LogP contribution in [-0.4, -0.2) is 33.5 Å². The minimum Gasteiger partial charge on any atom is -0.459 e. The van der Waals surface area contributed by atoms with E-state index in [4.69, 9.17) is 16.3 Å². The van der Waals surface area contributed by atoms with Gasteiger partial charge in [0, 0.05) is 6.92 Å². The molecule has 0 aromatic heterocycles. The summed E-state index contributed by atoms with van der Waals surface area (Å²) >= 11 is 9.11. The molecule has 1 aliphatic rings. The number of hydrogen-bond acceptors (Lipinski definition) is 3. The van der Waals surface area contributed by atoms with E-state index in [1.807, 2.05) is 0 Å². The van der Waals surface area contributed by atoms with Crippen LogP contribution >= 0.6 is 27.5 Å². The standard InChI is InChI=1S/C8H10BrClO3/c1-4(11)13-8-5(10)2-3-6(12)7(8)9/h2-3,5-8,12H,1H3/t5-,6+,7-,8+/m1/s1. The van der Waals surface area contributed by atoms with Gasteiger partial charge in [-0.1, -0.05) is 28.1 Å². The number of ether oxygens (including phenoxy) is 1. The van der Waals surface area contributed by atoms with E-state index in [1.165, 1.54) is 6.92 Å². The summed E-state index contributed by atoms with van der Waals surface area (Å²) in [5.41, 5.74) is 0. The molecule has 1 rings (SSSR count). The summed E-state index contributed by atoms with van der Waals surface area (Å²) in [7, 11) is 0. The van der Waals surface area contributed by atoms with Gasteiger partial charge in [0.2, 0.25) is 0 Å². The zero-order valence-corrected chi connectivity index (χ0v) is 9.33. The van der Waals surface area contributed by atoms with Crippen molar-refractivity contribution in [2.75, 3.05) is 0 Å². The minimum atomic E-state index is -0.667. The van der Waals surface area contributed by atoms with Gasteiger partial charge in [-0.2, -0.15) is 0 Å². The molecule has 13 heavy (non-hydrogen) atoms. The Balaban J connectivity index is 2.70. The van der Waals surface area contributed by atoms with Crippen molar-refractivity contribution in [2.24, 2.45) is 0 Å². The van der Waals surface area contributed by atoms with Crippen LogP contribution in [0.5, 0.6) is 0 Å². The first-order valence-electron chi connectivity index (χ1n) is 3.84. The predicted octanol–water partition coefficient (Wildman–Crippen LogP) is 1.22. The number of alkyl halides is 2. The highest BCUT2D eigenvalue weighted by Gasteiger charge is 2.35. The number of aliphatic hydroxyl groups is 1. The van der Waals surface area contributed by atoms with Gasteiger partial charge in [-0.15, -0.1) is 11.6 Å². The second-order valence-corrected chi connectivity index (χ2v) is 4.40. The zero-order chi connectivity index (χ0) is 10.0. The van der Waals surface area contributed by atoms with E-state index < -0.39 is 23.6 Å². The number of aliphatic hydroxyl groups excluding tert-OH is 1. The lowest BCUT2D eigenvalue weighted by molar-refractivity contribution is -0.146. The Morgan fingerprint density at radius 2 is 2.23 bits per heavy atom. The third kappa shape index (κ3) is 2.69. The average Bonchev–Trinajstić information content (AvgIpc) is 2.05. The van der Waals surface area contributed by atoms with Gasteiger partial charge in [0.05, 0.1) is 16.3 Å². The zero-order valence-electron chi connectivity index (χ0n) is 6.98. The van der Waals surface area contributed by atoms with E-state index in [-0.39, 0.29) is 4.83 Å². The summed E-state index contributed by atoms with van der Waals surface area (Å²) in [6.45, 7) is 1.31.